The van der Waals surface area contributed by atoms with Crippen LogP contribution in [-0.4, -0.2) is 20.4 Å². The Kier molecular flexibility index (Phi) is 5.77. The van der Waals surface area contributed by atoms with Gasteiger partial charge in [-0.1, -0.05) is 41.9 Å². The largest absolute Gasteiger partial charge is 0.346 e. The number of fused-ring (bicyclic) bond motifs is 1. The second kappa shape index (κ2) is 8.36. The fourth-order valence-corrected chi connectivity index (χ4v) is 5.75. The smallest absolute Gasteiger partial charge is 0.264 e. The average Bonchev–Trinajstić information content (AvgIpc) is 3.10. The van der Waals surface area contributed by atoms with E-state index in [2.05, 4.69) is 5.32 Å². The molecule has 1 N–H and O–H groups in total. The molecule has 160 valence electrons. The Morgan fingerprint density at radius 1 is 1.06 bits per heavy atom. The van der Waals surface area contributed by atoms with E-state index in [0.717, 1.165) is 11.1 Å². The first-order valence-corrected chi connectivity index (χ1v) is 11.9. The first kappa shape index (κ1) is 21.4. The van der Waals surface area contributed by atoms with Crippen LogP contribution in [-0.2, 0) is 16.4 Å². The number of carbonyl (C=O) groups excluding carboxylic acids is 1. The third-order valence-electron chi connectivity index (χ3n) is 5.51. The number of hydrogen-bond acceptors (Lipinski definition) is 3. The Morgan fingerprint density at radius 2 is 1.74 bits per heavy atom. The second-order valence-electron chi connectivity index (χ2n) is 7.76. The van der Waals surface area contributed by atoms with E-state index >= 15 is 0 Å². The van der Waals surface area contributed by atoms with Gasteiger partial charge in [0.25, 0.3) is 15.9 Å². The van der Waals surface area contributed by atoms with Gasteiger partial charge < -0.3 is 5.32 Å². The SMILES string of the molecule is C[C@H](NC(=O)c1ccc2c(c1)C[C@@H](C)N2S(=O)(=O)c1ccc(Cl)cc1)c1ccccc1. The van der Waals surface area contributed by atoms with Crippen molar-refractivity contribution >= 4 is 33.2 Å². The summed E-state index contributed by atoms with van der Waals surface area (Å²) in [4.78, 5) is 13.0. The van der Waals surface area contributed by atoms with E-state index in [9.17, 15) is 13.2 Å². The van der Waals surface area contributed by atoms with Crippen LogP contribution in [0.3, 0.4) is 0 Å². The van der Waals surface area contributed by atoms with Crippen molar-refractivity contribution in [2.75, 3.05) is 4.31 Å². The third-order valence-corrected chi connectivity index (χ3v) is 7.71. The lowest BCUT2D eigenvalue weighted by atomic mass is 10.0. The highest BCUT2D eigenvalue weighted by atomic mass is 35.5. The topological polar surface area (TPSA) is 66.5 Å². The number of carbonyl (C=O) groups is 1. The number of nitrogens with zero attached hydrogens (tertiary/aromatic N) is 1. The number of amides is 1. The molecule has 1 amide bonds. The minimum atomic E-state index is -3.73. The number of hydrogen-bond donors (Lipinski definition) is 1. The van der Waals surface area contributed by atoms with Gasteiger partial charge in [0.1, 0.15) is 0 Å². The summed E-state index contributed by atoms with van der Waals surface area (Å²) in [7, 11) is -3.73. The summed E-state index contributed by atoms with van der Waals surface area (Å²) in [5.74, 6) is -0.189. The Bertz CT molecular complexity index is 1210. The maximum atomic E-state index is 13.2. The van der Waals surface area contributed by atoms with Gasteiger partial charge in [0.15, 0.2) is 0 Å². The molecular formula is C24H23ClN2O3S. The molecule has 7 heteroatoms. The van der Waals surface area contributed by atoms with Crippen LogP contribution in [0.4, 0.5) is 5.69 Å². The molecule has 0 fully saturated rings. The van der Waals surface area contributed by atoms with Crippen molar-refractivity contribution in [1.29, 1.82) is 0 Å². The lowest BCUT2D eigenvalue weighted by Gasteiger charge is -2.24. The number of sulfonamides is 1. The molecule has 0 unspecified atom stereocenters. The Labute approximate surface area is 187 Å². The Balaban J connectivity index is 1.59. The van der Waals surface area contributed by atoms with Gasteiger partial charge in [-0.2, -0.15) is 0 Å². The molecule has 4 rings (SSSR count). The zero-order valence-corrected chi connectivity index (χ0v) is 18.8. The fraction of sp³-hybridized carbons (Fsp3) is 0.208. The summed E-state index contributed by atoms with van der Waals surface area (Å²) in [6.45, 7) is 3.80. The van der Waals surface area contributed by atoms with Gasteiger partial charge in [0, 0.05) is 16.6 Å². The van der Waals surface area contributed by atoms with Gasteiger partial charge in [-0.05, 0) is 73.9 Å². The van der Waals surface area contributed by atoms with E-state index < -0.39 is 10.0 Å². The van der Waals surface area contributed by atoms with Crippen LogP contribution >= 0.6 is 11.6 Å². The zero-order valence-electron chi connectivity index (χ0n) is 17.2. The van der Waals surface area contributed by atoms with Crippen molar-refractivity contribution in [2.45, 2.75) is 37.2 Å². The lowest BCUT2D eigenvalue weighted by molar-refractivity contribution is 0.0940. The second-order valence-corrected chi connectivity index (χ2v) is 10.0. The molecule has 0 radical (unpaired) electrons. The van der Waals surface area contributed by atoms with Crippen LogP contribution in [0, 0.1) is 0 Å². The number of nitrogens with one attached hydrogen (secondary N) is 1. The van der Waals surface area contributed by atoms with E-state index in [1.165, 1.54) is 16.4 Å². The van der Waals surface area contributed by atoms with Crippen molar-refractivity contribution in [3.05, 3.63) is 94.5 Å². The van der Waals surface area contributed by atoms with Crippen LogP contribution in [0.25, 0.3) is 0 Å². The zero-order chi connectivity index (χ0) is 22.2. The summed E-state index contributed by atoms with van der Waals surface area (Å²) < 4.78 is 27.9. The van der Waals surface area contributed by atoms with E-state index in [0.29, 0.717) is 22.7 Å². The van der Waals surface area contributed by atoms with Crippen LogP contribution < -0.4 is 9.62 Å². The number of benzene rings is 3. The molecule has 1 aliphatic heterocycles. The molecule has 31 heavy (non-hydrogen) atoms. The molecule has 5 nitrogen and oxygen atoms in total. The molecule has 0 saturated heterocycles. The molecule has 0 aliphatic carbocycles. The predicted molar refractivity (Wildman–Crippen MR) is 123 cm³/mol. The van der Waals surface area contributed by atoms with Crippen LogP contribution in [0.2, 0.25) is 5.02 Å². The Hall–Kier alpha value is -2.83. The van der Waals surface area contributed by atoms with E-state index in [1.54, 1.807) is 30.3 Å². The van der Waals surface area contributed by atoms with Gasteiger partial charge >= 0.3 is 0 Å². The lowest BCUT2D eigenvalue weighted by Crippen LogP contribution is -2.35. The molecule has 2 atom stereocenters. The highest BCUT2D eigenvalue weighted by Gasteiger charge is 2.36. The molecule has 3 aromatic carbocycles. The maximum Gasteiger partial charge on any atom is 0.264 e. The quantitative estimate of drug-likeness (QED) is 0.591. The molecule has 1 aliphatic rings. The number of halogens is 1. The first-order chi connectivity index (χ1) is 14.8. The molecule has 0 spiro atoms. The minimum Gasteiger partial charge on any atom is -0.346 e. The standard InChI is InChI=1S/C24H23ClN2O3S/c1-16-14-20-15-19(24(28)26-17(2)18-6-4-3-5-7-18)8-13-23(20)27(16)31(29,30)22-11-9-21(25)10-12-22/h3-13,15-17H,14H2,1-2H3,(H,26,28)/t16-,17+/m1/s1. The summed E-state index contributed by atoms with van der Waals surface area (Å²) in [6.07, 6.45) is 0.539. The third kappa shape index (κ3) is 4.18. The average molecular weight is 455 g/mol. The molecule has 0 bridgehead atoms. The maximum absolute atomic E-state index is 13.2. The van der Waals surface area contributed by atoms with Crippen molar-refractivity contribution in [2.24, 2.45) is 0 Å². The van der Waals surface area contributed by atoms with Crippen molar-refractivity contribution < 1.29 is 13.2 Å². The predicted octanol–water partition coefficient (Wildman–Crippen LogP) is 4.97. The number of anilines is 1. The summed E-state index contributed by atoms with van der Waals surface area (Å²) >= 11 is 5.91. The van der Waals surface area contributed by atoms with Crippen LogP contribution in [0.1, 0.15) is 41.4 Å². The van der Waals surface area contributed by atoms with E-state index in [4.69, 9.17) is 11.6 Å². The normalized spacial score (nSPS) is 16.6. The monoisotopic (exact) mass is 454 g/mol. The van der Waals surface area contributed by atoms with Crippen LogP contribution in [0.15, 0.2) is 77.7 Å². The van der Waals surface area contributed by atoms with Crippen molar-refractivity contribution in [3.63, 3.8) is 0 Å². The molecule has 0 saturated carbocycles. The Morgan fingerprint density at radius 3 is 2.42 bits per heavy atom. The highest BCUT2D eigenvalue weighted by molar-refractivity contribution is 7.92. The molecule has 3 aromatic rings. The van der Waals surface area contributed by atoms with Gasteiger partial charge in [0.05, 0.1) is 16.6 Å². The van der Waals surface area contributed by atoms with Crippen molar-refractivity contribution in [3.8, 4) is 0 Å². The van der Waals surface area contributed by atoms with Crippen LogP contribution in [0.5, 0.6) is 0 Å². The first-order valence-electron chi connectivity index (χ1n) is 10.1. The van der Waals surface area contributed by atoms with Gasteiger partial charge in [-0.3, -0.25) is 9.10 Å². The van der Waals surface area contributed by atoms with Gasteiger partial charge in [0.2, 0.25) is 0 Å². The van der Waals surface area contributed by atoms with E-state index in [1.807, 2.05) is 44.2 Å². The molecular weight excluding hydrogens is 432 g/mol. The summed E-state index contributed by atoms with van der Waals surface area (Å²) in [5.41, 5.74) is 2.98. The van der Waals surface area contributed by atoms with Gasteiger partial charge in [-0.15, -0.1) is 0 Å². The van der Waals surface area contributed by atoms with E-state index in [-0.39, 0.29) is 22.9 Å². The highest BCUT2D eigenvalue weighted by Crippen LogP contribution is 2.37. The number of rotatable bonds is 5. The van der Waals surface area contributed by atoms with Crippen molar-refractivity contribution in [1.82, 2.24) is 5.32 Å². The summed E-state index contributed by atoms with van der Waals surface area (Å²) in [6, 6.07) is 20.7. The fourth-order valence-electron chi connectivity index (χ4n) is 3.94. The molecule has 0 aromatic heterocycles. The van der Waals surface area contributed by atoms with Gasteiger partial charge in [-0.25, -0.2) is 8.42 Å². The molecule has 1 heterocycles. The minimum absolute atomic E-state index is 0.136. The summed E-state index contributed by atoms with van der Waals surface area (Å²) in [5, 5.41) is 3.48.